The molecule has 0 aliphatic carbocycles. The van der Waals surface area contributed by atoms with Crippen molar-refractivity contribution in [3.8, 4) is 0 Å². The molecule has 0 fully saturated rings. The van der Waals surface area contributed by atoms with Crippen LogP contribution in [0.1, 0.15) is 53.4 Å². The highest BCUT2D eigenvalue weighted by Gasteiger charge is 2.29. The van der Waals surface area contributed by atoms with Crippen molar-refractivity contribution in [2.45, 2.75) is 64.7 Å². The molecule has 16 heavy (non-hydrogen) atoms. The first kappa shape index (κ1) is 13.6. The minimum Gasteiger partial charge on any atom is -0.484 e. The number of rotatable bonds is 6. The molecule has 0 aromatic heterocycles. The van der Waals surface area contributed by atoms with Crippen molar-refractivity contribution in [1.29, 1.82) is 0 Å². The van der Waals surface area contributed by atoms with Gasteiger partial charge in [-0.05, 0) is 33.6 Å². The fourth-order valence-electron chi connectivity index (χ4n) is 1.75. The number of carbonyl (C=O) groups excluding carboxylic acids is 1. The zero-order chi connectivity index (χ0) is 12.1. The maximum absolute atomic E-state index is 11.6. The summed E-state index contributed by atoms with van der Waals surface area (Å²) in [5, 5.41) is 0.888. The summed E-state index contributed by atoms with van der Waals surface area (Å²) in [7, 11) is 0. The number of unbranched alkanes of at least 4 members (excludes halogenated alkanes) is 2. The number of ether oxygens (including phenoxy) is 1. The lowest BCUT2D eigenvalue weighted by Crippen LogP contribution is -2.07. The quantitative estimate of drug-likeness (QED) is 0.661. The summed E-state index contributed by atoms with van der Waals surface area (Å²) in [6.07, 6.45) is 5.00. The smallest absolute Gasteiger partial charge is 0.175 e. The molecule has 0 aromatic carbocycles. The third kappa shape index (κ3) is 3.55. The van der Waals surface area contributed by atoms with Gasteiger partial charge in [-0.3, -0.25) is 4.79 Å². The second kappa shape index (κ2) is 6.33. The maximum Gasteiger partial charge on any atom is 0.175 e. The Morgan fingerprint density at radius 2 is 2.12 bits per heavy atom. The molecule has 0 N–H and O–H groups in total. The van der Waals surface area contributed by atoms with Crippen molar-refractivity contribution < 1.29 is 9.53 Å². The molecule has 1 heterocycles. The van der Waals surface area contributed by atoms with Crippen LogP contribution >= 0.6 is 11.8 Å². The SMILES string of the molecule is CCCCCC(C)OC1=C(C)C(=O)C(C)S1. The minimum atomic E-state index is 0.0397. The van der Waals surface area contributed by atoms with E-state index in [9.17, 15) is 4.79 Å². The van der Waals surface area contributed by atoms with E-state index in [1.54, 1.807) is 11.8 Å². The Balaban J connectivity index is 2.39. The standard InChI is InChI=1S/C13H22O2S/c1-5-6-7-8-9(2)15-13-10(3)12(14)11(4)16-13/h9,11H,5-8H2,1-4H3. The molecule has 0 bridgehead atoms. The average molecular weight is 242 g/mol. The van der Waals surface area contributed by atoms with Gasteiger partial charge in [-0.25, -0.2) is 0 Å². The van der Waals surface area contributed by atoms with Gasteiger partial charge >= 0.3 is 0 Å². The van der Waals surface area contributed by atoms with Gasteiger partial charge in [-0.1, -0.05) is 31.5 Å². The van der Waals surface area contributed by atoms with Crippen molar-refractivity contribution in [2.75, 3.05) is 0 Å². The molecule has 0 amide bonds. The van der Waals surface area contributed by atoms with Gasteiger partial charge in [0.1, 0.15) is 0 Å². The van der Waals surface area contributed by atoms with E-state index in [0.717, 1.165) is 17.1 Å². The van der Waals surface area contributed by atoms with Crippen molar-refractivity contribution in [3.05, 3.63) is 10.7 Å². The summed E-state index contributed by atoms with van der Waals surface area (Å²) >= 11 is 1.56. The third-order valence-corrected chi connectivity index (χ3v) is 4.04. The Hall–Kier alpha value is -0.440. The first-order valence-corrected chi connectivity index (χ1v) is 7.02. The predicted octanol–water partition coefficient (Wildman–Crippen LogP) is 3.91. The summed E-state index contributed by atoms with van der Waals surface area (Å²) in [4.78, 5) is 11.6. The molecule has 0 radical (unpaired) electrons. The normalized spacial score (nSPS) is 22.8. The lowest BCUT2D eigenvalue weighted by molar-refractivity contribution is -0.114. The molecule has 2 nitrogen and oxygen atoms in total. The number of carbonyl (C=O) groups is 1. The molecule has 1 aliphatic heterocycles. The van der Waals surface area contributed by atoms with E-state index >= 15 is 0 Å². The van der Waals surface area contributed by atoms with Crippen LogP contribution < -0.4 is 0 Å². The van der Waals surface area contributed by atoms with Gasteiger partial charge < -0.3 is 4.74 Å². The Bertz CT molecular complexity index is 284. The predicted molar refractivity (Wildman–Crippen MR) is 69.4 cm³/mol. The van der Waals surface area contributed by atoms with Gasteiger partial charge in [0.05, 0.1) is 11.4 Å². The van der Waals surface area contributed by atoms with E-state index in [1.165, 1.54) is 19.3 Å². The highest BCUT2D eigenvalue weighted by Crippen LogP contribution is 2.36. The number of thioether (sulfide) groups is 1. The van der Waals surface area contributed by atoms with Gasteiger partial charge in [0.25, 0.3) is 0 Å². The van der Waals surface area contributed by atoms with Crippen LogP contribution in [-0.4, -0.2) is 17.1 Å². The number of allylic oxidation sites excluding steroid dienone is 1. The zero-order valence-corrected chi connectivity index (χ0v) is 11.5. The van der Waals surface area contributed by atoms with Crippen molar-refractivity contribution >= 4 is 17.5 Å². The molecule has 0 aromatic rings. The van der Waals surface area contributed by atoms with Gasteiger partial charge in [-0.2, -0.15) is 0 Å². The maximum atomic E-state index is 11.6. The van der Waals surface area contributed by atoms with Crippen LogP contribution in [0.3, 0.4) is 0 Å². The fraction of sp³-hybridized carbons (Fsp3) is 0.769. The topological polar surface area (TPSA) is 26.3 Å². The van der Waals surface area contributed by atoms with Gasteiger partial charge in [0.2, 0.25) is 0 Å². The average Bonchev–Trinajstić information content (AvgIpc) is 2.47. The van der Waals surface area contributed by atoms with Crippen LogP contribution in [0.5, 0.6) is 0 Å². The number of hydrogen-bond acceptors (Lipinski definition) is 3. The number of hydrogen-bond donors (Lipinski definition) is 0. The van der Waals surface area contributed by atoms with Crippen molar-refractivity contribution in [1.82, 2.24) is 0 Å². The van der Waals surface area contributed by atoms with E-state index in [0.29, 0.717) is 0 Å². The Kier molecular flexibility index (Phi) is 5.39. The number of ketones is 1. The molecule has 1 aliphatic rings. The summed E-state index contributed by atoms with van der Waals surface area (Å²) in [6, 6.07) is 0. The summed E-state index contributed by atoms with van der Waals surface area (Å²) in [5.41, 5.74) is 0.805. The molecule has 0 spiro atoms. The fourth-order valence-corrected chi connectivity index (χ4v) is 2.85. The molecule has 0 saturated carbocycles. The minimum absolute atomic E-state index is 0.0397. The van der Waals surface area contributed by atoms with Crippen molar-refractivity contribution in [3.63, 3.8) is 0 Å². The van der Waals surface area contributed by atoms with E-state index in [4.69, 9.17) is 4.74 Å². The summed E-state index contributed by atoms with van der Waals surface area (Å²) in [6.45, 7) is 8.09. The molecule has 0 saturated heterocycles. The third-order valence-electron chi connectivity index (χ3n) is 2.85. The first-order chi connectivity index (χ1) is 7.56. The van der Waals surface area contributed by atoms with Crippen molar-refractivity contribution in [2.24, 2.45) is 0 Å². The second-order valence-electron chi connectivity index (χ2n) is 4.46. The van der Waals surface area contributed by atoms with E-state index in [-0.39, 0.29) is 17.1 Å². The molecule has 1 rings (SSSR count). The zero-order valence-electron chi connectivity index (χ0n) is 10.7. The Labute approximate surface area is 103 Å². The van der Waals surface area contributed by atoms with Crippen LogP contribution in [-0.2, 0) is 9.53 Å². The molecular weight excluding hydrogens is 220 g/mol. The van der Waals surface area contributed by atoms with Gasteiger partial charge in [0.15, 0.2) is 10.9 Å². The van der Waals surface area contributed by atoms with E-state index < -0.39 is 0 Å². The van der Waals surface area contributed by atoms with Crippen LogP contribution in [0.25, 0.3) is 0 Å². The van der Waals surface area contributed by atoms with Gasteiger partial charge in [0, 0.05) is 5.57 Å². The molecule has 92 valence electrons. The van der Waals surface area contributed by atoms with Gasteiger partial charge in [-0.15, -0.1) is 0 Å². The van der Waals surface area contributed by atoms with E-state index in [1.807, 2.05) is 13.8 Å². The molecular formula is C13H22O2S. The highest BCUT2D eigenvalue weighted by molar-refractivity contribution is 8.04. The second-order valence-corrected chi connectivity index (χ2v) is 5.77. The highest BCUT2D eigenvalue weighted by atomic mass is 32.2. The van der Waals surface area contributed by atoms with Crippen LogP contribution in [0, 0.1) is 0 Å². The van der Waals surface area contributed by atoms with Crippen LogP contribution in [0.2, 0.25) is 0 Å². The lowest BCUT2D eigenvalue weighted by atomic mass is 10.1. The van der Waals surface area contributed by atoms with Crippen LogP contribution in [0.4, 0.5) is 0 Å². The Morgan fingerprint density at radius 1 is 1.44 bits per heavy atom. The Morgan fingerprint density at radius 3 is 2.62 bits per heavy atom. The molecule has 2 atom stereocenters. The largest absolute Gasteiger partial charge is 0.484 e. The number of Topliss-reactive ketones (excluding diaryl/α,β-unsaturated/α-hetero) is 1. The molecule has 2 unspecified atom stereocenters. The summed E-state index contributed by atoms with van der Waals surface area (Å²) < 4.78 is 5.83. The van der Waals surface area contributed by atoms with E-state index in [2.05, 4.69) is 13.8 Å². The summed E-state index contributed by atoms with van der Waals surface area (Å²) in [5.74, 6) is 0.223. The first-order valence-electron chi connectivity index (χ1n) is 6.14. The lowest BCUT2D eigenvalue weighted by Gasteiger charge is -2.15. The monoisotopic (exact) mass is 242 g/mol. The molecule has 3 heteroatoms. The van der Waals surface area contributed by atoms with Crippen LogP contribution in [0.15, 0.2) is 10.7 Å².